The van der Waals surface area contributed by atoms with Crippen molar-refractivity contribution in [2.24, 2.45) is 5.92 Å². The van der Waals surface area contributed by atoms with E-state index in [-0.39, 0.29) is 23.8 Å². The number of aryl methyl sites for hydroxylation is 1. The monoisotopic (exact) mass is 413 g/mol. The Morgan fingerprint density at radius 3 is 2.74 bits per heavy atom. The lowest BCUT2D eigenvalue weighted by Crippen LogP contribution is -2.48. The predicted molar refractivity (Wildman–Crippen MR) is 122 cm³/mol. The molecule has 2 aliphatic rings. The lowest BCUT2D eigenvalue weighted by atomic mass is 9.79. The van der Waals surface area contributed by atoms with Gasteiger partial charge in [-0.2, -0.15) is 0 Å². The fourth-order valence-electron chi connectivity index (χ4n) is 5.04. The smallest absolute Gasteiger partial charge is 0.237 e. The summed E-state index contributed by atoms with van der Waals surface area (Å²) in [7, 11) is 3.69. The number of benzene rings is 2. The number of amides is 2. The minimum absolute atomic E-state index is 0.122. The van der Waals surface area contributed by atoms with Crippen molar-refractivity contribution in [2.45, 2.75) is 25.3 Å². The van der Waals surface area contributed by atoms with E-state index in [9.17, 15) is 9.59 Å². The summed E-state index contributed by atoms with van der Waals surface area (Å²) in [5, 5.41) is 1.26. The van der Waals surface area contributed by atoms with E-state index in [2.05, 4.69) is 47.4 Å². The van der Waals surface area contributed by atoms with Crippen LogP contribution in [0.3, 0.4) is 0 Å². The van der Waals surface area contributed by atoms with Crippen molar-refractivity contribution >= 4 is 28.3 Å². The summed E-state index contributed by atoms with van der Waals surface area (Å²) >= 11 is 0. The van der Waals surface area contributed by atoms with E-state index >= 15 is 0 Å². The molecule has 0 radical (unpaired) electrons. The van der Waals surface area contributed by atoms with Gasteiger partial charge in [-0.05, 0) is 48.2 Å². The quantitative estimate of drug-likeness (QED) is 0.710. The molecule has 0 spiro atoms. The Labute approximate surface area is 182 Å². The number of nitrogens with zero attached hydrogens (tertiary/aromatic N) is 2. The average molecular weight is 414 g/mol. The van der Waals surface area contributed by atoms with Gasteiger partial charge in [0.1, 0.15) is 0 Å². The fourth-order valence-corrected chi connectivity index (χ4v) is 5.04. The number of fused-ring (bicyclic) bond motifs is 2. The van der Waals surface area contributed by atoms with Gasteiger partial charge in [0.15, 0.2) is 0 Å². The number of imide groups is 1. The van der Waals surface area contributed by atoms with Crippen LogP contribution in [0.2, 0.25) is 0 Å². The molecule has 1 aliphatic carbocycles. The molecule has 2 amide bonds. The van der Waals surface area contributed by atoms with Crippen molar-refractivity contribution in [2.75, 3.05) is 20.6 Å². The highest BCUT2D eigenvalue weighted by Crippen LogP contribution is 2.40. The number of aromatic amines is 1. The van der Waals surface area contributed by atoms with E-state index < -0.39 is 0 Å². The van der Waals surface area contributed by atoms with Crippen LogP contribution < -0.4 is 0 Å². The Morgan fingerprint density at radius 2 is 1.94 bits per heavy atom. The molecule has 0 bridgehead atoms. The number of H-pyrrole nitrogens is 1. The molecule has 5 nitrogen and oxygen atoms in total. The number of carbonyl (C=O) groups is 2. The molecule has 2 unspecified atom stereocenters. The third-order valence-corrected chi connectivity index (χ3v) is 6.76. The minimum atomic E-state index is -0.322. The van der Waals surface area contributed by atoms with Crippen molar-refractivity contribution < 1.29 is 9.59 Å². The van der Waals surface area contributed by atoms with Gasteiger partial charge in [-0.25, -0.2) is 0 Å². The topological polar surface area (TPSA) is 56.4 Å². The molecule has 0 saturated heterocycles. The highest BCUT2D eigenvalue weighted by molar-refractivity contribution is 6.01. The Hall–Kier alpha value is -3.18. The molecule has 158 valence electrons. The van der Waals surface area contributed by atoms with Crippen LogP contribution in [0.15, 0.2) is 60.8 Å². The van der Waals surface area contributed by atoms with E-state index in [0.29, 0.717) is 19.4 Å². The van der Waals surface area contributed by atoms with E-state index in [1.165, 1.54) is 27.0 Å². The second-order valence-corrected chi connectivity index (χ2v) is 8.71. The van der Waals surface area contributed by atoms with Crippen LogP contribution in [0, 0.1) is 5.92 Å². The van der Waals surface area contributed by atoms with Gasteiger partial charge in [0.25, 0.3) is 0 Å². The molecule has 1 aromatic heterocycles. The number of carbonyl (C=O) groups excluding carboxylic acids is 2. The summed E-state index contributed by atoms with van der Waals surface area (Å²) < 4.78 is 0. The maximum atomic E-state index is 13.2. The average Bonchev–Trinajstić information content (AvgIpc) is 3.22. The van der Waals surface area contributed by atoms with Crippen LogP contribution in [0.1, 0.15) is 23.1 Å². The molecular weight excluding hydrogens is 386 g/mol. The predicted octanol–water partition coefficient (Wildman–Crippen LogP) is 3.66. The first-order valence-electron chi connectivity index (χ1n) is 10.9. The molecular formula is C26H27N3O2. The summed E-state index contributed by atoms with van der Waals surface area (Å²) in [6.07, 6.45) is 6.13. The summed E-state index contributed by atoms with van der Waals surface area (Å²) in [4.78, 5) is 32.9. The Bertz CT molecular complexity index is 1180. The molecule has 1 N–H and O–H groups in total. The number of hydrogen-bond acceptors (Lipinski definition) is 3. The Morgan fingerprint density at radius 1 is 1.13 bits per heavy atom. The molecule has 5 rings (SSSR count). The normalized spacial score (nSPS) is 20.3. The van der Waals surface area contributed by atoms with Gasteiger partial charge >= 0.3 is 0 Å². The second kappa shape index (κ2) is 7.82. The molecule has 2 atom stereocenters. The zero-order valence-electron chi connectivity index (χ0n) is 18.0. The van der Waals surface area contributed by atoms with Gasteiger partial charge in [0, 0.05) is 43.2 Å². The van der Waals surface area contributed by atoms with Gasteiger partial charge in [-0.15, -0.1) is 0 Å². The summed E-state index contributed by atoms with van der Waals surface area (Å²) in [6.45, 7) is 0.624. The highest BCUT2D eigenvalue weighted by Gasteiger charge is 2.37. The van der Waals surface area contributed by atoms with Crippen LogP contribution in [0.25, 0.3) is 16.5 Å². The first-order valence-corrected chi connectivity index (χ1v) is 10.9. The van der Waals surface area contributed by atoms with Crippen LogP contribution >= 0.6 is 0 Å². The largest absolute Gasteiger partial charge is 0.361 e. The zero-order valence-corrected chi connectivity index (χ0v) is 18.0. The number of rotatable bonds is 4. The molecule has 1 aliphatic heterocycles. The highest BCUT2D eigenvalue weighted by atomic mass is 16.2. The SMILES string of the molecule is CN(C(=O)CCc1ccccc1)C(=O)C1C=C2c3cccc4[nH]cc(c34)CC2N(C)C1. The molecule has 0 saturated carbocycles. The maximum absolute atomic E-state index is 13.2. The summed E-state index contributed by atoms with van der Waals surface area (Å²) in [5.74, 6) is -0.573. The van der Waals surface area contributed by atoms with Crippen molar-refractivity contribution in [3.63, 3.8) is 0 Å². The van der Waals surface area contributed by atoms with Gasteiger partial charge in [-0.1, -0.05) is 48.5 Å². The van der Waals surface area contributed by atoms with E-state index in [1.54, 1.807) is 7.05 Å². The first kappa shape index (κ1) is 19.8. The van der Waals surface area contributed by atoms with Crippen LogP contribution in [0.4, 0.5) is 0 Å². The number of aromatic nitrogens is 1. The second-order valence-electron chi connectivity index (χ2n) is 8.71. The lowest BCUT2D eigenvalue weighted by molar-refractivity contribution is -0.145. The standard InChI is InChI=1S/C26H27N3O2/c1-28-16-19(26(31)29(2)24(30)12-11-17-7-4-3-5-8-17)13-21-20-9-6-10-22-25(20)18(15-27-22)14-23(21)28/h3-10,13,15,19,23,27H,11-12,14,16H2,1-2H3. The van der Waals surface area contributed by atoms with E-state index in [0.717, 1.165) is 17.5 Å². The lowest BCUT2D eigenvalue weighted by Gasteiger charge is -2.40. The maximum Gasteiger partial charge on any atom is 0.237 e. The van der Waals surface area contributed by atoms with Crippen LogP contribution in [0.5, 0.6) is 0 Å². The third-order valence-electron chi connectivity index (χ3n) is 6.76. The molecule has 5 heteroatoms. The van der Waals surface area contributed by atoms with Crippen molar-refractivity contribution in [1.82, 2.24) is 14.8 Å². The summed E-state index contributed by atoms with van der Waals surface area (Å²) in [6, 6.07) is 16.5. The first-order chi connectivity index (χ1) is 15.0. The van der Waals surface area contributed by atoms with Crippen LogP contribution in [-0.2, 0) is 22.4 Å². The summed E-state index contributed by atoms with van der Waals surface area (Å²) in [5.41, 5.74) is 5.98. The molecule has 31 heavy (non-hydrogen) atoms. The number of likely N-dealkylation sites (N-methyl/N-ethyl adjacent to an activating group) is 1. The zero-order chi connectivity index (χ0) is 21.5. The van der Waals surface area contributed by atoms with Crippen molar-refractivity contribution in [3.05, 3.63) is 77.5 Å². The number of nitrogens with one attached hydrogen (secondary N) is 1. The Kier molecular flexibility index (Phi) is 4.98. The molecule has 2 aromatic carbocycles. The van der Waals surface area contributed by atoms with Gasteiger partial charge < -0.3 is 4.98 Å². The van der Waals surface area contributed by atoms with Crippen molar-refractivity contribution in [1.29, 1.82) is 0 Å². The van der Waals surface area contributed by atoms with Gasteiger partial charge in [-0.3, -0.25) is 19.4 Å². The van der Waals surface area contributed by atoms with E-state index in [1.807, 2.05) is 30.3 Å². The van der Waals surface area contributed by atoms with Gasteiger partial charge in [0.2, 0.25) is 11.8 Å². The number of hydrogen-bond donors (Lipinski definition) is 1. The molecule has 0 fully saturated rings. The van der Waals surface area contributed by atoms with Crippen LogP contribution in [-0.4, -0.2) is 53.3 Å². The van der Waals surface area contributed by atoms with Gasteiger partial charge in [0.05, 0.1) is 5.92 Å². The fraction of sp³-hybridized carbons (Fsp3) is 0.308. The third kappa shape index (κ3) is 3.49. The van der Waals surface area contributed by atoms with E-state index in [4.69, 9.17) is 0 Å². The Balaban J connectivity index is 1.37. The van der Waals surface area contributed by atoms with Crippen molar-refractivity contribution in [3.8, 4) is 0 Å². The molecule has 3 aromatic rings. The minimum Gasteiger partial charge on any atom is -0.361 e. The molecule has 2 heterocycles.